The fourth-order valence-electron chi connectivity index (χ4n) is 2.87. The lowest BCUT2D eigenvalue weighted by molar-refractivity contribution is -0.128. The number of amides is 1. The summed E-state index contributed by atoms with van der Waals surface area (Å²) in [4.78, 5) is 12.5. The number of ether oxygens (including phenoxy) is 2. The van der Waals surface area contributed by atoms with Crippen LogP contribution in [-0.2, 0) is 4.79 Å². The molecule has 4 heteroatoms. The highest BCUT2D eigenvalue weighted by Gasteiger charge is 2.19. The summed E-state index contributed by atoms with van der Waals surface area (Å²) < 4.78 is 11.8. The first-order valence-corrected chi connectivity index (χ1v) is 9.66. The van der Waals surface area contributed by atoms with Crippen LogP contribution >= 0.6 is 0 Å². The van der Waals surface area contributed by atoms with Gasteiger partial charge in [-0.05, 0) is 55.0 Å². The van der Waals surface area contributed by atoms with Crippen molar-refractivity contribution >= 4 is 5.91 Å². The molecule has 0 unspecified atom stereocenters. The Balaban J connectivity index is 1.86. The van der Waals surface area contributed by atoms with Crippen LogP contribution in [0, 0.1) is 13.8 Å². The van der Waals surface area contributed by atoms with Crippen LogP contribution in [0.25, 0.3) is 0 Å². The Morgan fingerprint density at radius 2 is 1.74 bits per heavy atom. The summed E-state index contributed by atoms with van der Waals surface area (Å²) in [5.74, 6) is 1.92. The van der Waals surface area contributed by atoms with Crippen LogP contribution in [0.2, 0.25) is 0 Å². The highest BCUT2D eigenvalue weighted by Crippen LogP contribution is 2.25. The summed E-state index contributed by atoms with van der Waals surface area (Å²) in [6, 6.07) is 13.9. The number of carbonyl (C=O) groups is 1. The van der Waals surface area contributed by atoms with E-state index in [2.05, 4.69) is 25.2 Å². The summed E-state index contributed by atoms with van der Waals surface area (Å²) in [6.45, 7) is 11.1. The van der Waals surface area contributed by atoms with Crippen molar-refractivity contribution in [2.24, 2.45) is 0 Å². The maximum Gasteiger partial charge on any atom is 0.261 e. The number of hydrogen-bond donors (Lipinski definition) is 1. The van der Waals surface area contributed by atoms with Crippen molar-refractivity contribution in [1.82, 2.24) is 5.32 Å². The predicted molar refractivity (Wildman–Crippen MR) is 110 cm³/mol. The molecular weight excluding hydrogens is 338 g/mol. The van der Waals surface area contributed by atoms with Crippen molar-refractivity contribution in [2.75, 3.05) is 13.2 Å². The van der Waals surface area contributed by atoms with E-state index in [-0.39, 0.29) is 5.91 Å². The molecule has 0 aliphatic heterocycles. The molecule has 2 rings (SSSR count). The molecule has 0 bridgehead atoms. The largest absolute Gasteiger partial charge is 0.491 e. The van der Waals surface area contributed by atoms with Crippen molar-refractivity contribution in [3.05, 3.63) is 59.2 Å². The van der Waals surface area contributed by atoms with Crippen LogP contribution in [0.1, 0.15) is 49.8 Å². The topological polar surface area (TPSA) is 47.6 Å². The van der Waals surface area contributed by atoms with E-state index < -0.39 is 6.10 Å². The minimum absolute atomic E-state index is 0.112. The third kappa shape index (κ3) is 5.75. The van der Waals surface area contributed by atoms with E-state index in [0.717, 1.165) is 22.6 Å². The maximum absolute atomic E-state index is 12.5. The zero-order chi connectivity index (χ0) is 19.8. The van der Waals surface area contributed by atoms with E-state index in [4.69, 9.17) is 9.47 Å². The van der Waals surface area contributed by atoms with E-state index >= 15 is 0 Å². The number of carbonyl (C=O) groups excluding carboxylic acids is 1. The van der Waals surface area contributed by atoms with Gasteiger partial charge in [-0.15, -0.1) is 0 Å². The van der Waals surface area contributed by atoms with Gasteiger partial charge in [0.25, 0.3) is 5.91 Å². The van der Waals surface area contributed by atoms with Gasteiger partial charge in [0.1, 0.15) is 18.1 Å². The Morgan fingerprint density at radius 3 is 2.44 bits per heavy atom. The third-order valence-electron chi connectivity index (χ3n) is 4.69. The molecule has 1 atom stereocenters. The normalized spacial score (nSPS) is 11.9. The summed E-state index contributed by atoms with van der Waals surface area (Å²) in [7, 11) is 0. The molecule has 0 radical (unpaired) electrons. The Kier molecular flexibility index (Phi) is 7.71. The number of benzene rings is 2. The van der Waals surface area contributed by atoms with Crippen LogP contribution in [0.3, 0.4) is 0 Å². The van der Waals surface area contributed by atoms with E-state index in [9.17, 15) is 4.79 Å². The lowest BCUT2D eigenvalue weighted by atomic mass is 10.0. The van der Waals surface area contributed by atoms with E-state index in [0.29, 0.717) is 25.5 Å². The van der Waals surface area contributed by atoms with Crippen LogP contribution in [0.15, 0.2) is 42.5 Å². The van der Waals surface area contributed by atoms with Crippen molar-refractivity contribution < 1.29 is 14.3 Å². The number of rotatable bonds is 9. The van der Waals surface area contributed by atoms with Crippen molar-refractivity contribution in [3.63, 3.8) is 0 Å². The minimum atomic E-state index is -0.506. The molecule has 2 aromatic rings. The molecule has 0 heterocycles. The van der Waals surface area contributed by atoms with Gasteiger partial charge in [-0.2, -0.15) is 0 Å². The Morgan fingerprint density at radius 1 is 1.04 bits per heavy atom. The minimum Gasteiger partial charge on any atom is -0.491 e. The monoisotopic (exact) mass is 369 g/mol. The molecule has 1 N–H and O–H groups in total. The number of aryl methyl sites for hydroxylation is 1. The average molecular weight is 370 g/mol. The first-order chi connectivity index (χ1) is 12.9. The van der Waals surface area contributed by atoms with E-state index in [1.807, 2.05) is 57.2 Å². The van der Waals surface area contributed by atoms with Crippen molar-refractivity contribution in [1.29, 1.82) is 0 Å². The fourth-order valence-corrected chi connectivity index (χ4v) is 2.87. The average Bonchev–Trinajstić information content (AvgIpc) is 2.66. The van der Waals surface area contributed by atoms with Gasteiger partial charge in [0.05, 0.1) is 6.54 Å². The number of nitrogens with one attached hydrogen (secondary N) is 1. The van der Waals surface area contributed by atoms with E-state index in [1.54, 1.807) is 0 Å². The Bertz CT molecular complexity index is 755. The Hall–Kier alpha value is -2.49. The highest BCUT2D eigenvalue weighted by molar-refractivity contribution is 5.81. The van der Waals surface area contributed by atoms with E-state index in [1.165, 1.54) is 5.56 Å². The van der Waals surface area contributed by atoms with Gasteiger partial charge < -0.3 is 14.8 Å². The second kappa shape index (κ2) is 10.0. The maximum atomic E-state index is 12.5. The van der Waals surface area contributed by atoms with Gasteiger partial charge in [-0.25, -0.2) is 0 Å². The first-order valence-electron chi connectivity index (χ1n) is 9.66. The van der Waals surface area contributed by atoms with Crippen molar-refractivity contribution in [2.45, 2.75) is 53.1 Å². The predicted octanol–water partition coefficient (Wildman–Crippen LogP) is 4.78. The summed E-state index contributed by atoms with van der Waals surface area (Å²) in [5.41, 5.74) is 3.39. The van der Waals surface area contributed by atoms with Gasteiger partial charge >= 0.3 is 0 Å². The van der Waals surface area contributed by atoms with Crippen LogP contribution in [-0.4, -0.2) is 25.2 Å². The zero-order valence-corrected chi connectivity index (χ0v) is 17.0. The molecule has 0 spiro atoms. The molecule has 0 fully saturated rings. The fraction of sp³-hybridized carbons (Fsp3) is 0.435. The molecule has 4 nitrogen and oxygen atoms in total. The third-order valence-corrected chi connectivity index (χ3v) is 4.69. The summed E-state index contributed by atoms with van der Waals surface area (Å²) in [6.07, 6.45) is 0.101. The van der Waals surface area contributed by atoms with Crippen LogP contribution < -0.4 is 14.8 Å². The second-order valence-corrected chi connectivity index (χ2v) is 7.04. The molecule has 0 saturated heterocycles. The molecule has 146 valence electrons. The number of para-hydroxylation sites is 1. The highest BCUT2D eigenvalue weighted by atomic mass is 16.5. The van der Waals surface area contributed by atoms with Crippen LogP contribution in [0.4, 0.5) is 0 Å². The Labute approximate surface area is 162 Å². The molecular formula is C23H31NO3. The van der Waals surface area contributed by atoms with Gasteiger partial charge in [0.15, 0.2) is 6.10 Å². The molecule has 1 amide bonds. The summed E-state index contributed by atoms with van der Waals surface area (Å²) in [5, 5.41) is 2.92. The lowest BCUT2D eigenvalue weighted by Crippen LogP contribution is -2.40. The first kappa shape index (κ1) is 20.8. The molecule has 0 aromatic heterocycles. The van der Waals surface area contributed by atoms with Crippen molar-refractivity contribution in [3.8, 4) is 11.5 Å². The summed E-state index contributed by atoms with van der Waals surface area (Å²) >= 11 is 0. The molecule has 0 aliphatic rings. The quantitative estimate of drug-likeness (QED) is 0.647. The van der Waals surface area contributed by atoms with Gasteiger partial charge in [0.2, 0.25) is 0 Å². The molecule has 2 aromatic carbocycles. The second-order valence-electron chi connectivity index (χ2n) is 7.04. The zero-order valence-electron chi connectivity index (χ0n) is 17.0. The molecule has 0 aliphatic carbocycles. The smallest absolute Gasteiger partial charge is 0.261 e. The lowest BCUT2D eigenvalue weighted by Gasteiger charge is -2.19. The molecule has 27 heavy (non-hydrogen) atoms. The standard InChI is InChI=1S/C23H31NO3/c1-6-20(27-21-13-9-10-17(4)18(21)5)23(25)24-14-15-26-22-12-8-7-11-19(22)16(2)3/h7-13,16,20H,6,14-15H2,1-5H3,(H,24,25)/t20-/m0/s1. The van der Waals surface area contributed by atoms with Gasteiger partial charge in [0, 0.05) is 0 Å². The van der Waals surface area contributed by atoms with Crippen LogP contribution in [0.5, 0.6) is 11.5 Å². The SMILES string of the molecule is CC[C@H](Oc1cccc(C)c1C)C(=O)NCCOc1ccccc1C(C)C. The van der Waals surface area contributed by atoms with Gasteiger partial charge in [-0.1, -0.05) is 51.1 Å². The number of hydrogen-bond acceptors (Lipinski definition) is 3. The van der Waals surface area contributed by atoms with Gasteiger partial charge in [-0.3, -0.25) is 4.79 Å². The molecule has 0 saturated carbocycles.